The number of hydrogen-bond acceptors (Lipinski definition) is 6. The number of ether oxygens (including phenoxy) is 3. The van der Waals surface area contributed by atoms with Gasteiger partial charge in [0.15, 0.2) is 6.10 Å². The molecular weight excluding hydrogens is 781 g/mol. The lowest BCUT2D eigenvalue weighted by Gasteiger charge is -2.18. The minimum Gasteiger partial charge on any atom is -0.462 e. The second kappa shape index (κ2) is 51.0. The predicted octanol–water partition coefficient (Wildman–Crippen LogP) is 17.0. The zero-order valence-corrected chi connectivity index (χ0v) is 40.8. The summed E-state index contributed by atoms with van der Waals surface area (Å²) < 4.78 is 16.6. The van der Waals surface area contributed by atoms with Crippen molar-refractivity contribution in [3.8, 4) is 0 Å². The molecule has 0 rings (SSSR count). The molecule has 0 aromatic carbocycles. The first kappa shape index (κ1) is 59.3. The standard InChI is InChI=1S/C57H94O6/c1-4-7-10-13-15-17-19-21-22-23-24-25-26-27-28-29-30-31-32-33-34-36-37-39-41-44-47-50-56(59)62-53-54(52-61-55(58)49-46-43-12-9-6-3)63-57(60)51-48-45-42-40-38-35-20-18-16-14-11-8-5-2/h7-8,10-11,15-18,21-22,24-25,35,38,42,45,54H,4-6,9,12-14,19-20,23,26-34,36-37,39-41,43-44,46-53H2,1-3H3/b10-7-,11-8-,17-15-,18-16-,22-21-,25-24-,38-35-,45-42-. The first-order valence-electron chi connectivity index (χ1n) is 25.7. The van der Waals surface area contributed by atoms with Crippen molar-refractivity contribution < 1.29 is 28.6 Å². The second-order valence-corrected chi connectivity index (χ2v) is 16.7. The Kier molecular flexibility index (Phi) is 48.0. The van der Waals surface area contributed by atoms with Crippen LogP contribution < -0.4 is 0 Å². The maximum atomic E-state index is 12.7. The monoisotopic (exact) mass is 875 g/mol. The average molecular weight is 875 g/mol. The van der Waals surface area contributed by atoms with Crippen molar-refractivity contribution >= 4 is 17.9 Å². The Balaban J connectivity index is 4.10. The van der Waals surface area contributed by atoms with Crippen molar-refractivity contribution in [1.29, 1.82) is 0 Å². The van der Waals surface area contributed by atoms with Crippen molar-refractivity contribution in [3.05, 3.63) is 97.2 Å². The molecule has 0 amide bonds. The highest BCUT2D eigenvalue weighted by Gasteiger charge is 2.19. The maximum Gasteiger partial charge on any atom is 0.306 e. The summed E-state index contributed by atoms with van der Waals surface area (Å²) in [7, 11) is 0. The Bertz CT molecular complexity index is 1280. The topological polar surface area (TPSA) is 78.9 Å². The molecule has 0 aliphatic rings. The van der Waals surface area contributed by atoms with Crippen LogP contribution in [0.3, 0.4) is 0 Å². The molecular formula is C57H94O6. The highest BCUT2D eigenvalue weighted by molar-refractivity contribution is 5.71. The lowest BCUT2D eigenvalue weighted by Crippen LogP contribution is -2.30. The number of carbonyl (C=O) groups excluding carboxylic acids is 3. The van der Waals surface area contributed by atoms with E-state index >= 15 is 0 Å². The third-order valence-electron chi connectivity index (χ3n) is 10.6. The van der Waals surface area contributed by atoms with E-state index in [4.69, 9.17) is 14.2 Å². The number of unbranched alkanes of at least 4 members (excludes halogenated alkanes) is 18. The summed E-state index contributed by atoms with van der Waals surface area (Å²) in [6.45, 7) is 6.25. The summed E-state index contributed by atoms with van der Waals surface area (Å²) in [5, 5.41) is 0. The minimum atomic E-state index is -0.810. The Hall–Kier alpha value is -3.67. The zero-order chi connectivity index (χ0) is 45.8. The molecule has 0 radical (unpaired) electrons. The molecule has 0 aliphatic carbocycles. The molecule has 0 bridgehead atoms. The fourth-order valence-corrected chi connectivity index (χ4v) is 6.80. The van der Waals surface area contributed by atoms with Gasteiger partial charge in [-0.3, -0.25) is 14.4 Å². The molecule has 6 nitrogen and oxygen atoms in total. The molecule has 0 N–H and O–H groups in total. The van der Waals surface area contributed by atoms with E-state index in [1.54, 1.807) is 0 Å². The van der Waals surface area contributed by atoms with Crippen LogP contribution >= 0.6 is 0 Å². The molecule has 0 saturated carbocycles. The SMILES string of the molecule is CC/C=C\C/C=C\C/C=C\C/C=C\CCCCCCCCCCCCCCCCC(=O)OCC(COC(=O)CCCCCCC)OC(=O)CC/C=C\C/C=C\C/C=C\C/C=C\CC. The van der Waals surface area contributed by atoms with Gasteiger partial charge in [0.05, 0.1) is 0 Å². The van der Waals surface area contributed by atoms with Crippen LogP contribution in [0.2, 0.25) is 0 Å². The van der Waals surface area contributed by atoms with E-state index < -0.39 is 12.1 Å². The highest BCUT2D eigenvalue weighted by Crippen LogP contribution is 2.15. The van der Waals surface area contributed by atoms with Crippen molar-refractivity contribution in [3.63, 3.8) is 0 Å². The third-order valence-corrected chi connectivity index (χ3v) is 10.6. The number of allylic oxidation sites excluding steroid dienone is 16. The molecule has 0 spiro atoms. The van der Waals surface area contributed by atoms with Crippen LogP contribution in [0.5, 0.6) is 0 Å². The Morgan fingerprint density at radius 3 is 1.03 bits per heavy atom. The smallest absolute Gasteiger partial charge is 0.306 e. The second-order valence-electron chi connectivity index (χ2n) is 16.7. The fraction of sp³-hybridized carbons (Fsp3) is 0.667. The fourth-order valence-electron chi connectivity index (χ4n) is 6.80. The normalized spacial score (nSPS) is 12.9. The van der Waals surface area contributed by atoms with E-state index in [-0.39, 0.29) is 31.6 Å². The van der Waals surface area contributed by atoms with Crippen molar-refractivity contribution in [2.24, 2.45) is 0 Å². The van der Waals surface area contributed by atoms with E-state index in [0.29, 0.717) is 19.3 Å². The van der Waals surface area contributed by atoms with Gasteiger partial charge in [0.2, 0.25) is 0 Å². The van der Waals surface area contributed by atoms with Crippen LogP contribution in [0, 0.1) is 0 Å². The van der Waals surface area contributed by atoms with Gasteiger partial charge in [0.25, 0.3) is 0 Å². The number of carbonyl (C=O) groups is 3. The summed E-state index contributed by atoms with van der Waals surface area (Å²) in [5.41, 5.74) is 0. The number of hydrogen-bond donors (Lipinski definition) is 0. The molecule has 1 atom stereocenters. The van der Waals surface area contributed by atoms with E-state index in [0.717, 1.165) is 103 Å². The lowest BCUT2D eigenvalue weighted by atomic mass is 10.0. The van der Waals surface area contributed by atoms with Gasteiger partial charge in [-0.05, 0) is 83.5 Å². The van der Waals surface area contributed by atoms with Crippen LogP contribution in [0.15, 0.2) is 97.2 Å². The van der Waals surface area contributed by atoms with Crippen LogP contribution in [0.4, 0.5) is 0 Å². The largest absolute Gasteiger partial charge is 0.462 e. The van der Waals surface area contributed by atoms with Crippen LogP contribution in [0.1, 0.15) is 226 Å². The molecule has 0 fully saturated rings. The van der Waals surface area contributed by atoms with E-state index in [9.17, 15) is 14.4 Å². The van der Waals surface area contributed by atoms with Gasteiger partial charge in [-0.15, -0.1) is 0 Å². The first-order valence-corrected chi connectivity index (χ1v) is 25.7. The molecule has 0 aromatic heterocycles. The van der Waals surface area contributed by atoms with Gasteiger partial charge < -0.3 is 14.2 Å². The Labute approximate surface area is 387 Å². The lowest BCUT2D eigenvalue weighted by molar-refractivity contribution is -0.166. The molecule has 358 valence electrons. The van der Waals surface area contributed by atoms with Crippen molar-refractivity contribution in [1.82, 2.24) is 0 Å². The number of rotatable bonds is 45. The molecule has 0 aliphatic heterocycles. The third kappa shape index (κ3) is 49.2. The van der Waals surface area contributed by atoms with E-state index in [2.05, 4.69) is 106 Å². The minimum absolute atomic E-state index is 0.106. The first-order chi connectivity index (χ1) is 31.0. The van der Waals surface area contributed by atoms with Crippen LogP contribution in [-0.2, 0) is 28.6 Å². The van der Waals surface area contributed by atoms with Crippen molar-refractivity contribution in [2.75, 3.05) is 13.2 Å². The summed E-state index contributed by atoms with van der Waals surface area (Å²) in [6, 6.07) is 0. The molecule has 1 unspecified atom stereocenters. The zero-order valence-electron chi connectivity index (χ0n) is 40.8. The summed E-state index contributed by atoms with van der Waals surface area (Å²) in [4.78, 5) is 37.6. The van der Waals surface area contributed by atoms with Gasteiger partial charge >= 0.3 is 17.9 Å². The quantitative estimate of drug-likeness (QED) is 0.0262. The van der Waals surface area contributed by atoms with Crippen molar-refractivity contribution in [2.45, 2.75) is 232 Å². The van der Waals surface area contributed by atoms with Crippen LogP contribution in [-0.4, -0.2) is 37.2 Å². The van der Waals surface area contributed by atoms with Gasteiger partial charge in [0.1, 0.15) is 13.2 Å². The van der Waals surface area contributed by atoms with Gasteiger partial charge in [0, 0.05) is 19.3 Å². The Morgan fingerprint density at radius 1 is 0.333 bits per heavy atom. The summed E-state index contributed by atoms with van der Waals surface area (Å²) >= 11 is 0. The molecule has 63 heavy (non-hydrogen) atoms. The average Bonchev–Trinajstić information content (AvgIpc) is 3.28. The van der Waals surface area contributed by atoms with E-state index in [1.807, 2.05) is 12.2 Å². The molecule has 6 heteroatoms. The molecule has 0 saturated heterocycles. The van der Waals surface area contributed by atoms with Gasteiger partial charge in [-0.2, -0.15) is 0 Å². The summed E-state index contributed by atoms with van der Waals surface area (Å²) in [5.74, 6) is -1.01. The number of esters is 3. The predicted molar refractivity (Wildman–Crippen MR) is 270 cm³/mol. The molecule has 0 heterocycles. The van der Waals surface area contributed by atoms with Crippen LogP contribution in [0.25, 0.3) is 0 Å². The Morgan fingerprint density at radius 2 is 0.651 bits per heavy atom. The summed E-state index contributed by atoms with van der Waals surface area (Å²) in [6.07, 6.45) is 67.5. The van der Waals surface area contributed by atoms with E-state index in [1.165, 1.54) is 77.0 Å². The van der Waals surface area contributed by atoms with Gasteiger partial charge in [-0.1, -0.05) is 221 Å². The van der Waals surface area contributed by atoms with Gasteiger partial charge in [-0.25, -0.2) is 0 Å². The highest BCUT2D eigenvalue weighted by atomic mass is 16.6. The molecule has 0 aromatic rings. The maximum absolute atomic E-state index is 12.7.